The summed E-state index contributed by atoms with van der Waals surface area (Å²) in [6.45, 7) is 1.19. The SMILES string of the molecule is COc1ccc(CN(C)CC2CCC(C(=O)O)O2)cc1F. The number of likely N-dealkylation sites (N-methyl/N-ethyl adjacent to an activating group) is 1. The number of hydrogen-bond acceptors (Lipinski definition) is 4. The third-order valence-electron chi connectivity index (χ3n) is 3.57. The maximum Gasteiger partial charge on any atom is 0.332 e. The van der Waals surface area contributed by atoms with E-state index < -0.39 is 12.1 Å². The summed E-state index contributed by atoms with van der Waals surface area (Å²) in [5.41, 5.74) is 0.837. The van der Waals surface area contributed by atoms with Crippen LogP contribution in [-0.4, -0.2) is 48.9 Å². The molecule has 0 aliphatic carbocycles. The molecule has 1 heterocycles. The van der Waals surface area contributed by atoms with Gasteiger partial charge in [0, 0.05) is 13.1 Å². The molecule has 21 heavy (non-hydrogen) atoms. The van der Waals surface area contributed by atoms with Crippen molar-refractivity contribution in [2.75, 3.05) is 20.7 Å². The molecule has 1 N–H and O–H groups in total. The van der Waals surface area contributed by atoms with Gasteiger partial charge in [-0.15, -0.1) is 0 Å². The fourth-order valence-corrected chi connectivity index (χ4v) is 2.55. The standard InChI is InChI=1S/C15H20FNO4/c1-17(9-11-4-6-14(21-11)15(18)19)8-10-3-5-13(20-2)12(16)7-10/h3,5,7,11,14H,4,6,8-9H2,1-2H3,(H,18,19). The number of carboxylic acid groups (broad SMARTS) is 1. The quantitative estimate of drug-likeness (QED) is 0.869. The highest BCUT2D eigenvalue weighted by atomic mass is 19.1. The van der Waals surface area contributed by atoms with Crippen molar-refractivity contribution in [3.05, 3.63) is 29.6 Å². The minimum atomic E-state index is -0.905. The summed E-state index contributed by atoms with van der Waals surface area (Å²) in [6.07, 6.45) is 0.504. The Balaban J connectivity index is 1.86. The number of nitrogens with zero attached hydrogens (tertiary/aromatic N) is 1. The average molecular weight is 297 g/mol. The van der Waals surface area contributed by atoms with Crippen molar-refractivity contribution in [1.82, 2.24) is 4.90 Å². The number of benzene rings is 1. The lowest BCUT2D eigenvalue weighted by atomic mass is 10.1. The summed E-state index contributed by atoms with van der Waals surface area (Å²) in [6, 6.07) is 4.86. The van der Waals surface area contributed by atoms with Gasteiger partial charge in [-0.2, -0.15) is 0 Å². The van der Waals surface area contributed by atoms with Gasteiger partial charge in [-0.3, -0.25) is 4.90 Å². The van der Waals surface area contributed by atoms with Crippen molar-refractivity contribution < 1.29 is 23.8 Å². The highest BCUT2D eigenvalue weighted by molar-refractivity contribution is 5.72. The highest BCUT2D eigenvalue weighted by Gasteiger charge is 2.30. The molecule has 1 aromatic rings. The van der Waals surface area contributed by atoms with Crippen LogP contribution in [0.4, 0.5) is 4.39 Å². The zero-order valence-electron chi connectivity index (χ0n) is 12.2. The number of methoxy groups -OCH3 is 1. The Bertz CT molecular complexity index is 508. The molecule has 1 aliphatic rings. The van der Waals surface area contributed by atoms with Crippen molar-refractivity contribution in [1.29, 1.82) is 0 Å². The first-order chi connectivity index (χ1) is 9.99. The number of aliphatic carboxylic acids is 1. The monoisotopic (exact) mass is 297 g/mol. The lowest BCUT2D eigenvalue weighted by Gasteiger charge is -2.21. The van der Waals surface area contributed by atoms with E-state index in [4.69, 9.17) is 14.6 Å². The number of halogens is 1. The molecule has 0 saturated carbocycles. The lowest BCUT2D eigenvalue weighted by Crippen LogP contribution is -2.30. The van der Waals surface area contributed by atoms with Crippen LogP contribution in [0.1, 0.15) is 18.4 Å². The van der Waals surface area contributed by atoms with Crippen LogP contribution in [0.2, 0.25) is 0 Å². The molecule has 1 saturated heterocycles. The van der Waals surface area contributed by atoms with Gasteiger partial charge in [-0.1, -0.05) is 6.07 Å². The van der Waals surface area contributed by atoms with Crippen LogP contribution in [-0.2, 0) is 16.1 Å². The van der Waals surface area contributed by atoms with E-state index in [0.717, 1.165) is 12.0 Å². The topological polar surface area (TPSA) is 59.0 Å². The number of carboxylic acids is 1. The molecule has 1 aromatic carbocycles. The highest BCUT2D eigenvalue weighted by Crippen LogP contribution is 2.22. The summed E-state index contributed by atoms with van der Waals surface area (Å²) in [4.78, 5) is 12.8. The minimum absolute atomic E-state index is 0.0841. The van der Waals surface area contributed by atoms with Gasteiger partial charge in [0.05, 0.1) is 13.2 Å². The zero-order chi connectivity index (χ0) is 15.4. The van der Waals surface area contributed by atoms with Crippen LogP contribution in [0.15, 0.2) is 18.2 Å². The van der Waals surface area contributed by atoms with Crippen LogP contribution in [0.25, 0.3) is 0 Å². The first-order valence-electron chi connectivity index (χ1n) is 6.89. The van der Waals surface area contributed by atoms with Crippen molar-refractivity contribution in [3.63, 3.8) is 0 Å². The molecule has 0 bridgehead atoms. The van der Waals surface area contributed by atoms with E-state index in [9.17, 15) is 9.18 Å². The molecule has 0 amide bonds. The Morgan fingerprint density at radius 1 is 1.52 bits per heavy atom. The van der Waals surface area contributed by atoms with Crippen molar-refractivity contribution in [3.8, 4) is 5.75 Å². The largest absolute Gasteiger partial charge is 0.494 e. The molecule has 0 radical (unpaired) electrons. The van der Waals surface area contributed by atoms with E-state index in [1.54, 1.807) is 6.07 Å². The molecule has 1 aliphatic heterocycles. The lowest BCUT2D eigenvalue weighted by molar-refractivity contribution is -0.149. The van der Waals surface area contributed by atoms with E-state index in [1.807, 2.05) is 18.0 Å². The smallest absolute Gasteiger partial charge is 0.332 e. The maximum atomic E-state index is 13.6. The summed E-state index contributed by atoms with van der Waals surface area (Å²) in [5, 5.41) is 8.89. The molecule has 116 valence electrons. The van der Waals surface area contributed by atoms with E-state index >= 15 is 0 Å². The summed E-state index contributed by atoms with van der Waals surface area (Å²) < 4.78 is 24.0. The fraction of sp³-hybridized carbons (Fsp3) is 0.533. The van der Waals surface area contributed by atoms with Crippen LogP contribution < -0.4 is 4.74 Å². The normalized spacial score (nSPS) is 21.7. The Labute approximate surface area is 123 Å². The second kappa shape index (κ2) is 6.87. The van der Waals surface area contributed by atoms with Gasteiger partial charge in [0.2, 0.25) is 0 Å². The van der Waals surface area contributed by atoms with Crippen LogP contribution >= 0.6 is 0 Å². The first kappa shape index (κ1) is 15.7. The summed E-state index contributed by atoms with van der Waals surface area (Å²) in [7, 11) is 3.33. The molecule has 2 unspecified atom stereocenters. The molecule has 2 rings (SSSR count). The molecule has 5 nitrogen and oxygen atoms in total. The summed E-state index contributed by atoms with van der Waals surface area (Å²) >= 11 is 0. The molecular formula is C15H20FNO4. The Morgan fingerprint density at radius 2 is 2.29 bits per heavy atom. The molecule has 2 atom stereocenters. The molecule has 6 heteroatoms. The predicted molar refractivity (Wildman–Crippen MR) is 74.8 cm³/mol. The maximum absolute atomic E-state index is 13.6. The van der Waals surface area contributed by atoms with E-state index in [2.05, 4.69) is 0 Å². The van der Waals surface area contributed by atoms with Gasteiger partial charge in [-0.05, 0) is 37.6 Å². The van der Waals surface area contributed by atoms with Crippen LogP contribution in [0, 0.1) is 5.82 Å². The predicted octanol–water partition coefficient (Wildman–Crippen LogP) is 1.90. The first-order valence-corrected chi connectivity index (χ1v) is 6.89. The van der Waals surface area contributed by atoms with Gasteiger partial charge >= 0.3 is 5.97 Å². The molecular weight excluding hydrogens is 277 g/mol. The third kappa shape index (κ3) is 4.15. The van der Waals surface area contributed by atoms with Crippen molar-refractivity contribution >= 4 is 5.97 Å². The second-order valence-corrected chi connectivity index (χ2v) is 5.33. The average Bonchev–Trinajstić information content (AvgIpc) is 2.87. The fourth-order valence-electron chi connectivity index (χ4n) is 2.55. The number of hydrogen-bond donors (Lipinski definition) is 1. The Hall–Kier alpha value is -1.66. The van der Waals surface area contributed by atoms with Gasteiger partial charge in [0.1, 0.15) is 0 Å². The van der Waals surface area contributed by atoms with E-state index in [0.29, 0.717) is 19.5 Å². The van der Waals surface area contributed by atoms with Crippen molar-refractivity contribution in [2.45, 2.75) is 31.6 Å². The zero-order valence-corrected chi connectivity index (χ0v) is 12.2. The number of ether oxygens (including phenoxy) is 2. The van der Waals surface area contributed by atoms with Gasteiger partial charge in [0.25, 0.3) is 0 Å². The number of rotatable bonds is 6. The molecule has 0 aromatic heterocycles. The Kier molecular flexibility index (Phi) is 5.14. The third-order valence-corrected chi connectivity index (χ3v) is 3.57. The van der Waals surface area contributed by atoms with Gasteiger partial charge in [-0.25, -0.2) is 9.18 Å². The van der Waals surface area contributed by atoms with Crippen LogP contribution in [0.5, 0.6) is 5.75 Å². The van der Waals surface area contributed by atoms with Crippen molar-refractivity contribution in [2.24, 2.45) is 0 Å². The minimum Gasteiger partial charge on any atom is -0.494 e. The number of carbonyl (C=O) groups is 1. The van der Waals surface area contributed by atoms with E-state index in [1.165, 1.54) is 13.2 Å². The Morgan fingerprint density at radius 3 is 2.86 bits per heavy atom. The molecule has 0 spiro atoms. The van der Waals surface area contributed by atoms with E-state index in [-0.39, 0.29) is 17.7 Å². The van der Waals surface area contributed by atoms with Gasteiger partial charge < -0.3 is 14.6 Å². The van der Waals surface area contributed by atoms with Crippen LogP contribution in [0.3, 0.4) is 0 Å². The van der Waals surface area contributed by atoms with Gasteiger partial charge in [0.15, 0.2) is 17.7 Å². The summed E-state index contributed by atoms with van der Waals surface area (Å²) in [5.74, 6) is -1.06. The molecule has 1 fully saturated rings. The second-order valence-electron chi connectivity index (χ2n) is 5.33.